The first-order valence-corrected chi connectivity index (χ1v) is 11.1. The van der Waals surface area contributed by atoms with Crippen LogP contribution in [0.1, 0.15) is 28.4 Å². The Balaban J connectivity index is 1.69. The van der Waals surface area contributed by atoms with E-state index in [9.17, 15) is 8.42 Å². The van der Waals surface area contributed by atoms with Gasteiger partial charge in [0.25, 0.3) is 0 Å². The summed E-state index contributed by atoms with van der Waals surface area (Å²) >= 11 is 0. The SMILES string of the molecule is CN=C(NCc1cccc(S(N)(=O)=O)c1)N1CCOC(c2ccc(C)cc2C)C1. The summed E-state index contributed by atoms with van der Waals surface area (Å²) in [6.07, 6.45) is -0.0198. The fourth-order valence-electron chi connectivity index (χ4n) is 3.56. The van der Waals surface area contributed by atoms with Gasteiger partial charge >= 0.3 is 0 Å². The van der Waals surface area contributed by atoms with Crippen molar-refractivity contribution in [2.75, 3.05) is 26.7 Å². The second-order valence-electron chi connectivity index (χ2n) is 7.26. The van der Waals surface area contributed by atoms with Crippen LogP contribution in [-0.2, 0) is 21.3 Å². The third-order valence-corrected chi connectivity index (χ3v) is 5.94. The number of aryl methyl sites for hydroxylation is 2. The van der Waals surface area contributed by atoms with Crippen molar-refractivity contribution in [3.63, 3.8) is 0 Å². The molecule has 1 heterocycles. The van der Waals surface area contributed by atoms with E-state index in [1.807, 2.05) is 6.07 Å². The zero-order valence-electron chi connectivity index (χ0n) is 17.1. The zero-order chi connectivity index (χ0) is 21.0. The Bertz CT molecular complexity index is 1000. The molecule has 1 fully saturated rings. The van der Waals surface area contributed by atoms with Crippen LogP contribution < -0.4 is 10.5 Å². The number of primary sulfonamides is 1. The minimum absolute atomic E-state index is 0.0198. The average Bonchev–Trinajstić information content (AvgIpc) is 2.68. The van der Waals surface area contributed by atoms with Gasteiger partial charge in [-0.25, -0.2) is 13.6 Å². The predicted octanol–water partition coefficient (Wildman–Crippen LogP) is 2.10. The molecule has 29 heavy (non-hydrogen) atoms. The number of ether oxygens (including phenoxy) is 1. The minimum Gasteiger partial charge on any atom is -0.370 e. The summed E-state index contributed by atoms with van der Waals surface area (Å²) in [6, 6.07) is 13.0. The first-order chi connectivity index (χ1) is 13.8. The van der Waals surface area contributed by atoms with Crippen LogP contribution in [0.25, 0.3) is 0 Å². The summed E-state index contributed by atoms with van der Waals surface area (Å²) in [5, 5.41) is 8.54. The number of benzene rings is 2. The molecule has 3 rings (SSSR count). The van der Waals surface area contributed by atoms with E-state index >= 15 is 0 Å². The molecule has 2 aromatic rings. The fraction of sp³-hybridized carbons (Fsp3) is 0.381. The zero-order valence-corrected chi connectivity index (χ0v) is 17.9. The molecule has 1 unspecified atom stereocenters. The Labute approximate surface area is 172 Å². The Hall–Kier alpha value is -2.42. The van der Waals surface area contributed by atoms with Crippen molar-refractivity contribution in [1.29, 1.82) is 0 Å². The number of nitrogens with zero attached hydrogens (tertiary/aromatic N) is 2. The number of nitrogens with one attached hydrogen (secondary N) is 1. The normalized spacial score (nSPS) is 18.0. The van der Waals surface area contributed by atoms with Crippen LogP contribution in [0.3, 0.4) is 0 Å². The lowest BCUT2D eigenvalue weighted by Crippen LogP contribution is -2.48. The quantitative estimate of drug-likeness (QED) is 0.588. The molecule has 3 N–H and O–H groups in total. The van der Waals surface area contributed by atoms with Gasteiger partial charge in [-0.2, -0.15) is 0 Å². The first kappa shape index (κ1) is 21.3. The van der Waals surface area contributed by atoms with E-state index in [-0.39, 0.29) is 11.0 Å². The molecular weight excluding hydrogens is 388 g/mol. The lowest BCUT2D eigenvalue weighted by Gasteiger charge is -2.36. The van der Waals surface area contributed by atoms with Gasteiger partial charge in [0.05, 0.1) is 18.0 Å². The number of nitrogens with two attached hydrogens (primary N) is 1. The lowest BCUT2D eigenvalue weighted by molar-refractivity contribution is -0.00834. The van der Waals surface area contributed by atoms with Crippen LogP contribution in [0.5, 0.6) is 0 Å². The number of guanidine groups is 1. The van der Waals surface area contributed by atoms with Crippen LogP contribution in [0, 0.1) is 13.8 Å². The highest BCUT2D eigenvalue weighted by Crippen LogP contribution is 2.26. The standard InChI is InChI=1S/C21H28N4O3S/c1-15-7-8-19(16(2)11-15)20-14-25(9-10-28-20)21(23-3)24-13-17-5-4-6-18(12-17)29(22,26)27/h4-8,11-12,20H,9-10,13-14H2,1-3H3,(H,23,24)(H2,22,26,27). The molecule has 156 valence electrons. The molecule has 0 spiro atoms. The van der Waals surface area contributed by atoms with Crippen molar-refractivity contribution in [2.24, 2.45) is 10.1 Å². The van der Waals surface area contributed by atoms with Crippen molar-refractivity contribution < 1.29 is 13.2 Å². The van der Waals surface area contributed by atoms with E-state index in [4.69, 9.17) is 9.88 Å². The topological polar surface area (TPSA) is 97.0 Å². The van der Waals surface area contributed by atoms with Gasteiger partial charge in [-0.05, 0) is 42.7 Å². The van der Waals surface area contributed by atoms with Gasteiger partial charge in [0, 0.05) is 20.1 Å². The second kappa shape index (κ2) is 8.94. The largest absolute Gasteiger partial charge is 0.370 e. The number of aliphatic imine (C=N–C) groups is 1. The summed E-state index contributed by atoms with van der Waals surface area (Å²) in [4.78, 5) is 6.66. The molecule has 0 amide bonds. The van der Waals surface area contributed by atoms with E-state index in [1.54, 1.807) is 19.2 Å². The van der Waals surface area contributed by atoms with Crippen molar-refractivity contribution in [2.45, 2.75) is 31.4 Å². The molecule has 8 heteroatoms. The number of hydrogen-bond donors (Lipinski definition) is 2. The van der Waals surface area contributed by atoms with Crippen LogP contribution in [0.2, 0.25) is 0 Å². The monoisotopic (exact) mass is 416 g/mol. The molecule has 0 aliphatic carbocycles. The summed E-state index contributed by atoms with van der Waals surface area (Å²) in [5.41, 5.74) is 4.46. The summed E-state index contributed by atoms with van der Waals surface area (Å²) in [7, 11) is -1.98. The van der Waals surface area contributed by atoms with Gasteiger partial charge in [-0.15, -0.1) is 0 Å². The number of rotatable bonds is 4. The van der Waals surface area contributed by atoms with Crippen molar-refractivity contribution >= 4 is 16.0 Å². The molecule has 0 aromatic heterocycles. The summed E-state index contributed by atoms with van der Waals surface area (Å²) < 4.78 is 29.1. The van der Waals surface area contributed by atoms with Crippen molar-refractivity contribution in [3.8, 4) is 0 Å². The highest BCUT2D eigenvalue weighted by Gasteiger charge is 2.25. The maximum absolute atomic E-state index is 11.6. The molecular formula is C21H28N4O3S. The number of sulfonamides is 1. The third kappa shape index (κ3) is 5.35. The van der Waals surface area contributed by atoms with Gasteiger partial charge in [0.15, 0.2) is 5.96 Å². The van der Waals surface area contributed by atoms with Crippen molar-refractivity contribution in [1.82, 2.24) is 10.2 Å². The Morgan fingerprint density at radius 2 is 2.07 bits per heavy atom. The van der Waals surface area contributed by atoms with Crippen LogP contribution in [0.15, 0.2) is 52.4 Å². The number of hydrogen-bond acceptors (Lipinski definition) is 4. The Morgan fingerprint density at radius 3 is 2.76 bits per heavy atom. The van der Waals surface area contributed by atoms with E-state index in [0.29, 0.717) is 19.7 Å². The molecule has 1 saturated heterocycles. The minimum atomic E-state index is -3.72. The predicted molar refractivity (Wildman–Crippen MR) is 114 cm³/mol. The maximum atomic E-state index is 11.6. The van der Waals surface area contributed by atoms with Crippen LogP contribution in [0.4, 0.5) is 0 Å². The van der Waals surface area contributed by atoms with Gasteiger partial charge < -0.3 is 15.0 Å². The highest BCUT2D eigenvalue weighted by molar-refractivity contribution is 7.89. The van der Waals surface area contributed by atoms with E-state index in [1.165, 1.54) is 22.8 Å². The molecule has 1 aliphatic rings. The first-order valence-electron chi connectivity index (χ1n) is 9.54. The third-order valence-electron chi connectivity index (χ3n) is 5.03. The lowest BCUT2D eigenvalue weighted by atomic mass is 10.00. The van der Waals surface area contributed by atoms with E-state index < -0.39 is 10.0 Å². The fourth-order valence-corrected chi connectivity index (χ4v) is 4.15. The molecule has 0 saturated carbocycles. The maximum Gasteiger partial charge on any atom is 0.238 e. The highest BCUT2D eigenvalue weighted by atomic mass is 32.2. The number of morpholine rings is 1. The summed E-state index contributed by atoms with van der Waals surface area (Å²) in [6.45, 7) is 6.68. The Morgan fingerprint density at radius 1 is 1.28 bits per heavy atom. The molecule has 0 radical (unpaired) electrons. The van der Waals surface area contributed by atoms with Gasteiger partial charge in [0.1, 0.15) is 6.10 Å². The Kier molecular flexibility index (Phi) is 6.56. The smallest absolute Gasteiger partial charge is 0.238 e. The molecule has 1 aliphatic heterocycles. The van der Waals surface area contributed by atoms with E-state index in [0.717, 1.165) is 18.1 Å². The molecule has 7 nitrogen and oxygen atoms in total. The van der Waals surface area contributed by atoms with Crippen LogP contribution >= 0.6 is 0 Å². The van der Waals surface area contributed by atoms with E-state index in [2.05, 4.69) is 47.3 Å². The van der Waals surface area contributed by atoms with Crippen LogP contribution in [-0.4, -0.2) is 46.0 Å². The molecule has 2 aromatic carbocycles. The molecule has 1 atom stereocenters. The molecule has 0 bridgehead atoms. The van der Waals surface area contributed by atoms with Gasteiger partial charge in [-0.3, -0.25) is 4.99 Å². The average molecular weight is 417 g/mol. The summed E-state index contributed by atoms with van der Waals surface area (Å²) in [5.74, 6) is 0.754. The van der Waals surface area contributed by atoms with Crippen molar-refractivity contribution in [3.05, 3.63) is 64.7 Å². The second-order valence-corrected chi connectivity index (χ2v) is 8.82. The van der Waals surface area contributed by atoms with Gasteiger partial charge in [-0.1, -0.05) is 35.9 Å². The van der Waals surface area contributed by atoms with Gasteiger partial charge in [0.2, 0.25) is 10.0 Å².